The van der Waals surface area contributed by atoms with E-state index in [2.05, 4.69) is 31.6 Å². The van der Waals surface area contributed by atoms with Crippen LogP contribution >= 0.6 is 11.3 Å². The van der Waals surface area contributed by atoms with Gasteiger partial charge in [0.25, 0.3) is 0 Å². The first kappa shape index (κ1) is 17.2. The highest BCUT2D eigenvalue weighted by Gasteiger charge is 2.25. The largest absolute Gasteiger partial charge is 0.354 e. The van der Waals surface area contributed by atoms with E-state index in [9.17, 15) is 0 Å². The number of nitrogens with zero attached hydrogens (tertiary/aromatic N) is 7. The molecule has 0 spiro atoms. The van der Waals surface area contributed by atoms with Gasteiger partial charge in [-0.2, -0.15) is 4.98 Å². The van der Waals surface area contributed by atoms with Gasteiger partial charge in [0.2, 0.25) is 5.95 Å². The number of rotatable bonds is 3. The molecule has 3 aliphatic rings. The van der Waals surface area contributed by atoms with Crippen LogP contribution in [0.15, 0.2) is 12.3 Å². The number of fused-ring (bicyclic) bond motifs is 1. The summed E-state index contributed by atoms with van der Waals surface area (Å²) in [5, 5.41) is 1.21. The second-order valence-electron chi connectivity index (χ2n) is 7.70. The van der Waals surface area contributed by atoms with Crippen molar-refractivity contribution in [2.45, 2.75) is 19.3 Å². The minimum Gasteiger partial charge on any atom is -0.354 e. The average molecular weight is 386 g/mol. The van der Waals surface area contributed by atoms with Crippen LogP contribution < -0.4 is 14.7 Å². The van der Waals surface area contributed by atoms with Crippen molar-refractivity contribution in [3.05, 3.63) is 22.8 Å². The number of hydrogen-bond donors (Lipinski definition) is 0. The number of aryl methyl sites for hydroxylation is 2. The summed E-state index contributed by atoms with van der Waals surface area (Å²) in [5.41, 5.74) is 1.35. The Labute approximate surface area is 164 Å². The van der Waals surface area contributed by atoms with Gasteiger partial charge < -0.3 is 19.6 Å². The molecule has 1 aliphatic carbocycles. The maximum Gasteiger partial charge on any atom is 0.227 e. The van der Waals surface area contributed by atoms with Crippen LogP contribution in [0.25, 0.3) is 0 Å². The minimum atomic E-state index is 0.868. The van der Waals surface area contributed by atoms with Crippen molar-refractivity contribution in [3.63, 3.8) is 0 Å². The van der Waals surface area contributed by atoms with Crippen LogP contribution in [0, 0.1) is 0 Å². The molecule has 0 radical (unpaired) electrons. The van der Waals surface area contributed by atoms with E-state index >= 15 is 0 Å². The first-order valence-electron chi connectivity index (χ1n) is 10.0. The van der Waals surface area contributed by atoms with Gasteiger partial charge in [-0.05, 0) is 32.4 Å². The maximum atomic E-state index is 4.88. The van der Waals surface area contributed by atoms with Crippen LogP contribution in [0.5, 0.6) is 0 Å². The lowest BCUT2D eigenvalue weighted by Gasteiger charge is -2.36. The Morgan fingerprint density at radius 2 is 1.59 bits per heavy atom. The van der Waals surface area contributed by atoms with Crippen molar-refractivity contribution in [1.29, 1.82) is 0 Å². The molecule has 0 N–H and O–H groups in total. The Kier molecular flexibility index (Phi) is 4.61. The number of piperazine rings is 2. The van der Waals surface area contributed by atoms with Gasteiger partial charge in [0.05, 0.1) is 5.69 Å². The van der Waals surface area contributed by atoms with Crippen molar-refractivity contribution in [2.75, 3.05) is 74.1 Å². The predicted octanol–water partition coefficient (Wildman–Crippen LogP) is 1.50. The van der Waals surface area contributed by atoms with Gasteiger partial charge >= 0.3 is 0 Å². The van der Waals surface area contributed by atoms with E-state index in [0.29, 0.717) is 0 Å². The fourth-order valence-corrected chi connectivity index (χ4v) is 5.31. The fourth-order valence-electron chi connectivity index (χ4n) is 4.11. The number of aromatic nitrogens is 3. The zero-order valence-corrected chi connectivity index (χ0v) is 16.8. The van der Waals surface area contributed by atoms with Crippen LogP contribution in [0.3, 0.4) is 0 Å². The van der Waals surface area contributed by atoms with Gasteiger partial charge in [-0.3, -0.25) is 0 Å². The molecule has 2 saturated heterocycles. The topological polar surface area (TPSA) is 51.6 Å². The highest BCUT2D eigenvalue weighted by atomic mass is 32.1. The summed E-state index contributed by atoms with van der Waals surface area (Å²) in [6, 6.07) is 2.04. The SMILES string of the molecule is CN1CCN(c2ccnc(N3CCN(c4nc5c(s4)CCC5)CC3)n2)CC1. The number of anilines is 3. The molecule has 144 valence electrons. The standard InChI is InChI=1S/C19H27N7S/c1-23-7-9-24(10-8-23)17-5-6-20-18(22-17)25-11-13-26(14-12-25)19-21-15-3-2-4-16(15)27-19/h5-6H,2-4,7-14H2,1H3. The molecule has 0 saturated carbocycles. The highest BCUT2D eigenvalue weighted by Crippen LogP contribution is 2.33. The molecule has 0 unspecified atom stereocenters. The Hall–Kier alpha value is -1.93. The summed E-state index contributed by atoms with van der Waals surface area (Å²) in [6.45, 7) is 8.16. The summed E-state index contributed by atoms with van der Waals surface area (Å²) in [5.74, 6) is 1.93. The second kappa shape index (κ2) is 7.24. The smallest absolute Gasteiger partial charge is 0.227 e. The van der Waals surface area contributed by atoms with Crippen molar-refractivity contribution < 1.29 is 0 Å². The van der Waals surface area contributed by atoms with Gasteiger partial charge in [0.1, 0.15) is 5.82 Å². The summed E-state index contributed by atoms with van der Waals surface area (Å²) in [7, 11) is 2.18. The van der Waals surface area contributed by atoms with Crippen molar-refractivity contribution >= 4 is 28.2 Å². The Morgan fingerprint density at radius 3 is 2.37 bits per heavy atom. The molecular weight excluding hydrogens is 358 g/mol. The lowest BCUT2D eigenvalue weighted by atomic mass is 10.3. The molecule has 2 aromatic heterocycles. The van der Waals surface area contributed by atoms with Crippen LogP contribution in [-0.2, 0) is 12.8 Å². The molecule has 2 aromatic rings. The van der Waals surface area contributed by atoms with Gasteiger partial charge in [0.15, 0.2) is 5.13 Å². The minimum absolute atomic E-state index is 0.868. The van der Waals surface area contributed by atoms with Crippen molar-refractivity contribution in [3.8, 4) is 0 Å². The zero-order valence-electron chi connectivity index (χ0n) is 16.0. The highest BCUT2D eigenvalue weighted by molar-refractivity contribution is 7.15. The first-order valence-corrected chi connectivity index (χ1v) is 10.8. The lowest BCUT2D eigenvalue weighted by molar-refractivity contribution is 0.312. The Morgan fingerprint density at radius 1 is 0.852 bits per heavy atom. The van der Waals surface area contributed by atoms with Crippen LogP contribution in [0.1, 0.15) is 17.0 Å². The number of hydrogen-bond acceptors (Lipinski definition) is 8. The summed E-state index contributed by atoms with van der Waals surface area (Å²) >= 11 is 1.90. The monoisotopic (exact) mass is 385 g/mol. The third-order valence-corrected chi connectivity index (χ3v) is 7.09. The summed E-state index contributed by atoms with van der Waals surface area (Å²) < 4.78 is 0. The molecule has 2 fully saturated rings. The van der Waals surface area contributed by atoms with Gasteiger partial charge in [-0.25, -0.2) is 9.97 Å². The molecule has 0 atom stereocenters. The van der Waals surface area contributed by atoms with Crippen LogP contribution in [0.2, 0.25) is 0 Å². The molecule has 4 heterocycles. The summed E-state index contributed by atoms with van der Waals surface area (Å²) in [6.07, 6.45) is 5.58. The van der Waals surface area contributed by atoms with Crippen LogP contribution in [-0.4, -0.2) is 79.3 Å². The van der Waals surface area contributed by atoms with Crippen molar-refractivity contribution in [2.24, 2.45) is 0 Å². The van der Waals surface area contributed by atoms with E-state index in [0.717, 1.165) is 64.1 Å². The van der Waals surface area contributed by atoms with E-state index in [-0.39, 0.29) is 0 Å². The third kappa shape index (κ3) is 3.48. The molecule has 2 aliphatic heterocycles. The molecule has 8 heteroatoms. The predicted molar refractivity (Wildman–Crippen MR) is 110 cm³/mol. The molecular formula is C19H27N7S. The van der Waals surface area contributed by atoms with E-state index in [1.807, 2.05) is 23.6 Å². The normalized spacial score (nSPS) is 21.0. The first-order chi connectivity index (χ1) is 13.3. The van der Waals surface area contributed by atoms with Crippen molar-refractivity contribution in [1.82, 2.24) is 19.9 Å². The van der Waals surface area contributed by atoms with Crippen LogP contribution in [0.4, 0.5) is 16.9 Å². The summed E-state index contributed by atoms with van der Waals surface area (Å²) in [4.78, 5) is 25.3. The average Bonchev–Trinajstić information content (AvgIpc) is 3.31. The van der Waals surface area contributed by atoms with E-state index in [1.54, 1.807) is 0 Å². The molecule has 0 aromatic carbocycles. The maximum absolute atomic E-state index is 4.88. The molecule has 5 rings (SSSR count). The lowest BCUT2D eigenvalue weighted by Crippen LogP contribution is -2.47. The molecule has 7 nitrogen and oxygen atoms in total. The quantitative estimate of drug-likeness (QED) is 0.794. The fraction of sp³-hybridized carbons (Fsp3) is 0.632. The van der Waals surface area contributed by atoms with Gasteiger partial charge in [-0.1, -0.05) is 0 Å². The van der Waals surface area contributed by atoms with E-state index in [4.69, 9.17) is 9.97 Å². The van der Waals surface area contributed by atoms with E-state index in [1.165, 1.54) is 35.0 Å². The third-order valence-electron chi connectivity index (χ3n) is 5.87. The Balaban J connectivity index is 1.23. The molecule has 0 bridgehead atoms. The number of likely N-dealkylation sites (N-methyl/N-ethyl adjacent to an activating group) is 1. The van der Waals surface area contributed by atoms with E-state index < -0.39 is 0 Å². The molecule has 0 amide bonds. The second-order valence-corrected chi connectivity index (χ2v) is 8.76. The zero-order chi connectivity index (χ0) is 18.2. The van der Waals surface area contributed by atoms with Gasteiger partial charge in [-0.15, -0.1) is 11.3 Å². The molecule has 27 heavy (non-hydrogen) atoms. The Bertz CT molecular complexity index is 770. The number of thiazole rings is 1. The van der Waals surface area contributed by atoms with Gasteiger partial charge in [0, 0.05) is 63.4 Å².